The summed E-state index contributed by atoms with van der Waals surface area (Å²) in [6.45, 7) is 2.50. The van der Waals surface area contributed by atoms with E-state index in [1.165, 1.54) is 17.3 Å². The van der Waals surface area contributed by atoms with Crippen LogP contribution in [0.25, 0.3) is 11.5 Å². The van der Waals surface area contributed by atoms with Gasteiger partial charge in [-0.2, -0.15) is 0 Å². The number of hydrogen-bond acceptors (Lipinski definition) is 5. The molecule has 0 unspecified atom stereocenters. The van der Waals surface area contributed by atoms with Crippen LogP contribution in [0, 0.1) is 6.92 Å². The highest BCUT2D eigenvalue weighted by molar-refractivity contribution is 7.99. The van der Waals surface area contributed by atoms with Gasteiger partial charge in [-0.15, -0.1) is 10.2 Å². The monoisotopic (exact) mass is 380 g/mol. The molecule has 0 aliphatic carbocycles. The maximum atomic E-state index is 6.05. The lowest BCUT2D eigenvalue weighted by atomic mass is 10.1. The van der Waals surface area contributed by atoms with E-state index < -0.39 is 0 Å². The molecule has 124 valence electrons. The second-order valence-corrected chi connectivity index (χ2v) is 6.90. The fraction of sp³-hybridized carbons (Fsp3) is 0.176. The predicted molar refractivity (Wildman–Crippen MR) is 97.2 cm³/mol. The lowest BCUT2D eigenvalue weighted by Crippen LogP contribution is -2.00. The number of aromatic nitrogens is 2. The molecule has 24 heavy (non-hydrogen) atoms. The maximum absolute atomic E-state index is 6.05. The first-order valence-electron chi connectivity index (χ1n) is 7.23. The molecule has 3 rings (SSSR count). The quantitative estimate of drug-likeness (QED) is 0.415. The molecular formula is C17H14Cl2N2O2S. The number of benzene rings is 2. The van der Waals surface area contributed by atoms with E-state index in [4.69, 9.17) is 32.4 Å². The molecule has 0 aliphatic heterocycles. The Labute approximate surface area is 154 Å². The molecule has 2 aromatic carbocycles. The molecular weight excluding hydrogens is 367 g/mol. The number of thioether (sulfide) groups is 1. The van der Waals surface area contributed by atoms with Crippen LogP contribution in [-0.4, -0.2) is 22.6 Å². The molecule has 0 fully saturated rings. The van der Waals surface area contributed by atoms with Crippen molar-refractivity contribution in [3.8, 4) is 17.2 Å². The molecule has 1 aromatic heterocycles. The lowest BCUT2D eigenvalue weighted by Gasteiger charge is -2.06. The van der Waals surface area contributed by atoms with E-state index >= 15 is 0 Å². The van der Waals surface area contributed by atoms with Gasteiger partial charge in [0.1, 0.15) is 5.75 Å². The molecule has 0 aliphatic rings. The number of rotatable bonds is 6. The molecule has 4 nitrogen and oxygen atoms in total. The minimum Gasteiger partial charge on any atom is -0.491 e. The second-order valence-electron chi connectivity index (χ2n) is 5.01. The van der Waals surface area contributed by atoms with E-state index in [9.17, 15) is 0 Å². The van der Waals surface area contributed by atoms with Crippen molar-refractivity contribution in [1.82, 2.24) is 10.2 Å². The smallest absolute Gasteiger partial charge is 0.276 e. The van der Waals surface area contributed by atoms with Gasteiger partial charge in [0.25, 0.3) is 5.22 Å². The van der Waals surface area contributed by atoms with Crippen LogP contribution in [0.3, 0.4) is 0 Å². The molecule has 0 atom stereocenters. The van der Waals surface area contributed by atoms with Crippen LogP contribution in [-0.2, 0) is 0 Å². The first kappa shape index (κ1) is 17.1. The lowest BCUT2D eigenvalue weighted by molar-refractivity contribution is 0.343. The number of ether oxygens (including phenoxy) is 1. The third-order valence-corrected chi connectivity index (χ3v) is 4.48. The fourth-order valence-electron chi connectivity index (χ4n) is 1.95. The summed E-state index contributed by atoms with van der Waals surface area (Å²) in [6, 6.07) is 13.1. The molecule has 0 spiro atoms. The molecule has 0 amide bonds. The van der Waals surface area contributed by atoms with Crippen LogP contribution in [0.4, 0.5) is 0 Å². The van der Waals surface area contributed by atoms with Gasteiger partial charge in [0.15, 0.2) is 0 Å². The Morgan fingerprint density at radius 2 is 1.88 bits per heavy atom. The van der Waals surface area contributed by atoms with Crippen molar-refractivity contribution >= 4 is 35.0 Å². The molecule has 0 N–H and O–H groups in total. The first-order valence-corrected chi connectivity index (χ1v) is 8.97. The van der Waals surface area contributed by atoms with Gasteiger partial charge in [-0.1, -0.05) is 52.7 Å². The average Bonchev–Trinajstić information content (AvgIpc) is 3.03. The second kappa shape index (κ2) is 7.92. The topological polar surface area (TPSA) is 48.2 Å². The highest BCUT2D eigenvalue weighted by atomic mass is 35.5. The van der Waals surface area contributed by atoms with Gasteiger partial charge in [-0.05, 0) is 37.3 Å². The Balaban J connectivity index is 1.51. The predicted octanol–water partition coefficient (Wildman–Crippen LogP) is 5.52. The van der Waals surface area contributed by atoms with E-state index in [1.807, 2.05) is 31.2 Å². The van der Waals surface area contributed by atoms with E-state index in [-0.39, 0.29) is 0 Å². The van der Waals surface area contributed by atoms with Gasteiger partial charge in [-0.25, -0.2) is 0 Å². The van der Waals surface area contributed by atoms with Crippen LogP contribution >= 0.6 is 35.0 Å². The van der Waals surface area contributed by atoms with Gasteiger partial charge in [0.2, 0.25) is 5.89 Å². The Kier molecular flexibility index (Phi) is 5.66. The van der Waals surface area contributed by atoms with Crippen LogP contribution < -0.4 is 4.74 Å². The number of halogens is 2. The van der Waals surface area contributed by atoms with Crippen LogP contribution in [0.5, 0.6) is 5.75 Å². The zero-order chi connectivity index (χ0) is 16.9. The minimum absolute atomic E-state index is 0.467. The highest BCUT2D eigenvalue weighted by Gasteiger charge is 2.09. The van der Waals surface area contributed by atoms with Gasteiger partial charge in [-0.3, -0.25) is 0 Å². The normalized spacial score (nSPS) is 10.8. The maximum Gasteiger partial charge on any atom is 0.276 e. The van der Waals surface area contributed by atoms with Gasteiger partial charge >= 0.3 is 0 Å². The average molecular weight is 381 g/mol. The number of hydrogen-bond donors (Lipinski definition) is 0. The Morgan fingerprint density at radius 3 is 2.62 bits per heavy atom. The Morgan fingerprint density at radius 1 is 1.08 bits per heavy atom. The van der Waals surface area contributed by atoms with Gasteiger partial charge < -0.3 is 9.15 Å². The minimum atomic E-state index is 0.467. The van der Waals surface area contributed by atoms with Crippen LogP contribution in [0.1, 0.15) is 5.56 Å². The van der Waals surface area contributed by atoms with E-state index in [1.54, 1.807) is 18.2 Å². The van der Waals surface area contributed by atoms with Crippen molar-refractivity contribution in [3.05, 3.63) is 58.1 Å². The Hall–Kier alpha value is -1.69. The molecule has 1 heterocycles. The fourth-order valence-corrected chi connectivity index (χ4v) is 2.99. The summed E-state index contributed by atoms with van der Waals surface area (Å²) in [4.78, 5) is 0. The summed E-state index contributed by atoms with van der Waals surface area (Å²) in [7, 11) is 0. The van der Waals surface area contributed by atoms with Crippen LogP contribution in [0.15, 0.2) is 52.1 Å². The van der Waals surface area contributed by atoms with Gasteiger partial charge in [0, 0.05) is 16.3 Å². The summed E-state index contributed by atoms with van der Waals surface area (Å²) < 4.78 is 11.3. The zero-order valence-corrected chi connectivity index (χ0v) is 15.2. The summed E-state index contributed by atoms with van der Waals surface area (Å²) in [6.07, 6.45) is 0. The summed E-state index contributed by atoms with van der Waals surface area (Å²) >= 11 is 13.3. The van der Waals surface area contributed by atoms with E-state index in [2.05, 4.69) is 10.2 Å². The highest BCUT2D eigenvalue weighted by Crippen LogP contribution is 2.28. The molecule has 0 saturated heterocycles. The number of aryl methyl sites for hydroxylation is 1. The third kappa shape index (κ3) is 4.44. The molecule has 7 heteroatoms. The van der Waals surface area contributed by atoms with Crippen molar-refractivity contribution in [2.75, 3.05) is 12.4 Å². The largest absolute Gasteiger partial charge is 0.491 e. The third-order valence-electron chi connectivity index (χ3n) is 3.17. The molecule has 0 radical (unpaired) electrons. The first-order chi connectivity index (χ1) is 11.6. The molecule has 3 aromatic rings. The Bertz CT molecular complexity index is 822. The summed E-state index contributed by atoms with van der Waals surface area (Å²) in [5.74, 6) is 1.78. The standard InChI is InChI=1S/C17H14Cl2N2O2S/c1-11-2-4-12(5-3-11)16-20-21-17(23-16)24-9-8-22-15-7-6-13(18)10-14(15)19/h2-7,10H,8-9H2,1H3. The van der Waals surface area contributed by atoms with Crippen molar-refractivity contribution in [1.29, 1.82) is 0 Å². The summed E-state index contributed by atoms with van der Waals surface area (Å²) in [5, 5.41) is 9.68. The molecule has 0 bridgehead atoms. The van der Waals surface area contributed by atoms with Gasteiger partial charge in [0.05, 0.1) is 11.6 Å². The van der Waals surface area contributed by atoms with Crippen LogP contribution in [0.2, 0.25) is 10.0 Å². The SMILES string of the molecule is Cc1ccc(-c2nnc(SCCOc3ccc(Cl)cc3Cl)o2)cc1. The van der Waals surface area contributed by atoms with Crippen molar-refractivity contribution in [2.45, 2.75) is 12.1 Å². The van der Waals surface area contributed by atoms with Crippen molar-refractivity contribution in [2.24, 2.45) is 0 Å². The van der Waals surface area contributed by atoms with E-state index in [0.717, 1.165) is 5.56 Å². The molecule has 0 saturated carbocycles. The zero-order valence-electron chi connectivity index (χ0n) is 12.8. The van der Waals surface area contributed by atoms with Crippen molar-refractivity contribution in [3.63, 3.8) is 0 Å². The number of nitrogens with zero attached hydrogens (tertiary/aromatic N) is 2. The van der Waals surface area contributed by atoms with Crippen molar-refractivity contribution < 1.29 is 9.15 Å². The van der Waals surface area contributed by atoms with E-state index in [0.29, 0.717) is 39.3 Å². The summed E-state index contributed by atoms with van der Waals surface area (Å²) in [5.41, 5.74) is 2.09.